The minimum Gasteiger partial charge on any atom is -0.325 e. The molecule has 1 aliphatic heterocycles. The Morgan fingerprint density at radius 3 is 2.11 bits per heavy atom. The summed E-state index contributed by atoms with van der Waals surface area (Å²) in [5, 5.41) is 0.450. The first-order chi connectivity index (χ1) is 8.08. The largest absolute Gasteiger partial charge is 0.363 e. The number of amides is 2. The molecule has 1 saturated heterocycles. The Morgan fingerprint density at radius 2 is 1.61 bits per heavy atom. The van der Waals surface area contributed by atoms with Gasteiger partial charge in [-0.05, 0) is 24.3 Å². The van der Waals surface area contributed by atoms with Crippen LogP contribution in [0.4, 0.5) is 4.39 Å². The Balaban J connectivity index is 0.00000162. The fourth-order valence-electron chi connectivity index (χ4n) is 1.38. The van der Waals surface area contributed by atoms with Crippen molar-refractivity contribution in [1.82, 2.24) is 5.06 Å². The van der Waals surface area contributed by atoms with Gasteiger partial charge in [0.1, 0.15) is 5.82 Å². The zero-order valence-electron chi connectivity index (χ0n) is 8.68. The number of hydrogen-bond acceptors (Lipinski definition) is 4. The van der Waals surface area contributed by atoms with E-state index in [-0.39, 0.29) is 25.8 Å². The van der Waals surface area contributed by atoms with Crippen molar-refractivity contribution in [1.29, 1.82) is 0 Å². The van der Waals surface area contributed by atoms with E-state index >= 15 is 0 Å². The molecule has 18 heavy (non-hydrogen) atoms. The molecule has 0 N–H and O–H groups in total. The molecule has 1 aromatic rings. The van der Waals surface area contributed by atoms with Crippen LogP contribution in [0.25, 0.3) is 0 Å². The summed E-state index contributed by atoms with van der Waals surface area (Å²) < 4.78 is 12.6. The van der Waals surface area contributed by atoms with E-state index in [1.54, 1.807) is 0 Å². The summed E-state index contributed by atoms with van der Waals surface area (Å²) in [6.07, 6.45) is 0.0745. The highest BCUT2D eigenvalue weighted by molar-refractivity contribution is 6.02. The van der Waals surface area contributed by atoms with Gasteiger partial charge < -0.3 is 4.84 Å². The molecular formula is C12H12FNO4. The Kier molecular flexibility index (Phi) is 4.14. The number of rotatable bonds is 2. The number of carbonyl (C=O) groups is 3. The average Bonchev–Trinajstić information content (AvgIpc) is 2.61. The molecule has 1 aromatic carbocycles. The van der Waals surface area contributed by atoms with Crippen LogP contribution in [0.15, 0.2) is 24.3 Å². The fourth-order valence-corrected chi connectivity index (χ4v) is 1.38. The molecule has 0 unspecified atom stereocenters. The number of hydroxylamine groups is 2. The Labute approximate surface area is 103 Å². The molecule has 5 nitrogen and oxygen atoms in total. The molecule has 0 aromatic heterocycles. The molecule has 1 fully saturated rings. The second-order valence-corrected chi connectivity index (χ2v) is 3.47. The van der Waals surface area contributed by atoms with Crippen molar-refractivity contribution < 1.29 is 23.6 Å². The van der Waals surface area contributed by atoms with E-state index in [0.717, 1.165) is 12.1 Å². The molecule has 96 valence electrons. The van der Waals surface area contributed by atoms with E-state index in [2.05, 4.69) is 4.84 Å². The van der Waals surface area contributed by atoms with E-state index in [1.807, 2.05) is 0 Å². The summed E-state index contributed by atoms with van der Waals surface area (Å²) in [6, 6.07) is 4.60. The van der Waals surface area contributed by atoms with Gasteiger partial charge in [0.2, 0.25) is 0 Å². The van der Waals surface area contributed by atoms with Gasteiger partial charge in [0.05, 0.1) is 5.56 Å². The summed E-state index contributed by atoms with van der Waals surface area (Å²) >= 11 is 0. The fraction of sp³-hybridized carbons (Fsp3) is 0.250. The first-order valence-electron chi connectivity index (χ1n) is 4.91. The third kappa shape index (κ3) is 2.71. The van der Waals surface area contributed by atoms with E-state index in [4.69, 9.17) is 0 Å². The van der Waals surface area contributed by atoms with Crippen molar-refractivity contribution >= 4 is 17.8 Å². The van der Waals surface area contributed by atoms with Crippen molar-refractivity contribution in [3.8, 4) is 0 Å². The van der Waals surface area contributed by atoms with E-state index in [1.165, 1.54) is 12.1 Å². The number of imide groups is 1. The molecule has 0 bridgehead atoms. The van der Waals surface area contributed by atoms with E-state index < -0.39 is 23.6 Å². The van der Waals surface area contributed by atoms with E-state index in [0.29, 0.717) is 5.06 Å². The molecule has 1 aliphatic rings. The first-order valence-corrected chi connectivity index (χ1v) is 4.91. The van der Waals surface area contributed by atoms with Gasteiger partial charge in [-0.15, -0.1) is 5.06 Å². The molecule has 0 saturated carbocycles. The summed E-state index contributed by atoms with van der Waals surface area (Å²) in [7, 11) is 0. The second kappa shape index (κ2) is 5.39. The van der Waals surface area contributed by atoms with Crippen LogP contribution in [-0.2, 0) is 14.4 Å². The smallest absolute Gasteiger partial charge is 0.325 e. The highest BCUT2D eigenvalue weighted by Gasteiger charge is 2.33. The maximum Gasteiger partial charge on any atom is 0.363 e. The average molecular weight is 252 g/mol. The van der Waals surface area contributed by atoms with Crippen molar-refractivity contribution in [2.45, 2.75) is 20.3 Å². The van der Waals surface area contributed by atoms with Crippen LogP contribution in [-0.4, -0.2) is 22.8 Å². The second-order valence-electron chi connectivity index (χ2n) is 3.47. The van der Waals surface area contributed by atoms with Gasteiger partial charge in [-0.25, -0.2) is 9.18 Å². The number of carbonyl (C=O) groups excluding carboxylic acids is 3. The molecule has 2 rings (SSSR count). The van der Waals surface area contributed by atoms with Crippen LogP contribution >= 0.6 is 0 Å². The normalized spacial score (nSPS) is 14.4. The lowest BCUT2D eigenvalue weighted by atomic mass is 10.2. The summed E-state index contributed by atoms with van der Waals surface area (Å²) in [5.74, 6) is -2.46. The molecule has 0 radical (unpaired) electrons. The summed E-state index contributed by atoms with van der Waals surface area (Å²) in [4.78, 5) is 38.5. The minimum atomic E-state index is -0.867. The van der Waals surface area contributed by atoms with Crippen LogP contribution in [0, 0.1) is 5.82 Å². The van der Waals surface area contributed by atoms with Gasteiger partial charge in [-0.2, -0.15) is 0 Å². The lowest BCUT2D eigenvalue weighted by Gasteiger charge is -2.12. The minimum absolute atomic E-state index is 0. The van der Waals surface area contributed by atoms with E-state index in [9.17, 15) is 18.8 Å². The summed E-state index contributed by atoms with van der Waals surface area (Å²) in [5.41, 5.74) is 0.0684. The van der Waals surface area contributed by atoms with Crippen LogP contribution < -0.4 is 0 Å². The molecule has 0 spiro atoms. The van der Waals surface area contributed by atoms with Crippen LogP contribution in [0.5, 0.6) is 0 Å². The Morgan fingerprint density at radius 1 is 1.11 bits per heavy atom. The van der Waals surface area contributed by atoms with Crippen LogP contribution in [0.3, 0.4) is 0 Å². The van der Waals surface area contributed by atoms with Crippen LogP contribution in [0.2, 0.25) is 0 Å². The molecule has 6 heteroatoms. The lowest BCUT2D eigenvalue weighted by molar-refractivity contribution is -0.172. The van der Waals surface area contributed by atoms with Crippen molar-refractivity contribution in [2.24, 2.45) is 0 Å². The van der Waals surface area contributed by atoms with Gasteiger partial charge in [-0.1, -0.05) is 7.43 Å². The quantitative estimate of drug-likeness (QED) is 0.751. The third-order valence-corrected chi connectivity index (χ3v) is 2.26. The Hall–Kier alpha value is -2.24. The number of halogens is 1. The van der Waals surface area contributed by atoms with Crippen LogP contribution in [0.1, 0.15) is 30.6 Å². The first kappa shape index (κ1) is 13.8. The number of nitrogens with zero attached hydrogens (tertiary/aromatic N) is 1. The zero-order valence-corrected chi connectivity index (χ0v) is 8.68. The molecule has 0 aliphatic carbocycles. The van der Waals surface area contributed by atoms with Crippen molar-refractivity contribution in [3.63, 3.8) is 0 Å². The van der Waals surface area contributed by atoms with Gasteiger partial charge in [0, 0.05) is 12.8 Å². The number of benzene rings is 1. The highest BCUT2D eigenvalue weighted by Crippen LogP contribution is 2.14. The molecular weight excluding hydrogens is 240 g/mol. The zero-order chi connectivity index (χ0) is 12.4. The number of hydrogen-bond donors (Lipinski definition) is 0. The lowest BCUT2D eigenvalue weighted by Crippen LogP contribution is -2.32. The summed E-state index contributed by atoms with van der Waals surface area (Å²) in [6.45, 7) is 0. The van der Waals surface area contributed by atoms with Gasteiger partial charge in [-0.3, -0.25) is 9.59 Å². The predicted octanol–water partition coefficient (Wildman–Crippen LogP) is 1.68. The monoisotopic (exact) mass is 252 g/mol. The van der Waals surface area contributed by atoms with Gasteiger partial charge in [0.15, 0.2) is 0 Å². The maximum atomic E-state index is 12.6. The Bertz CT molecular complexity index is 467. The third-order valence-electron chi connectivity index (χ3n) is 2.26. The SMILES string of the molecule is C.O=C(ON1C(=O)CCC1=O)c1ccc([18F])cc1. The van der Waals surface area contributed by atoms with Crippen molar-refractivity contribution in [2.75, 3.05) is 0 Å². The topological polar surface area (TPSA) is 63.7 Å². The standard InChI is InChI=1S/C11H8FNO4.CH4/c12-8-3-1-7(2-4-8)11(16)17-13-9(14)5-6-10(13)15;/h1-4H,5-6H2;1H4/i12-1;. The molecule has 2 amide bonds. The van der Waals surface area contributed by atoms with Gasteiger partial charge in [0.25, 0.3) is 11.8 Å². The van der Waals surface area contributed by atoms with Crippen molar-refractivity contribution in [3.05, 3.63) is 35.6 Å². The molecule has 0 atom stereocenters. The maximum absolute atomic E-state index is 12.6. The predicted molar refractivity (Wildman–Crippen MR) is 59.6 cm³/mol. The molecule has 1 heterocycles. The van der Waals surface area contributed by atoms with Gasteiger partial charge >= 0.3 is 5.97 Å². The highest BCUT2D eigenvalue weighted by atomic mass is 18.2.